The molecule has 3 aromatic rings. The molecule has 0 saturated heterocycles. The lowest BCUT2D eigenvalue weighted by Crippen LogP contribution is -2.14. The number of rotatable bonds is 9. The molecule has 0 spiro atoms. The molecule has 3 heterocycles. The quantitative estimate of drug-likeness (QED) is 0.481. The summed E-state index contributed by atoms with van der Waals surface area (Å²) < 4.78 is 19.2. The van der Waals surface area contributed by atoms with E-state index in [0.717, 1.165) is 55.2 Å². The summed E-state index contributed by atoms with van der Waals surface area (Å²) in [7, 11) is 1.40. The van der Waals surface area contributed by atoms with E-state index in [4.69, 9.17) is 9.72 Å². The summed E-state index contributed by atoms with van der Waals surface area (Å²) in [4.78, 5) is 20.9. The largest absolute Gasteiger partial charge is 0.494 e. The summed E-state index contributed by atoms with van der Waals surface area (Å²) >= 11 is 1.51. The number of hydrogen-bond donors (Lipinski definition) is 2. The van der Waals surface area contributed by atoms with Crippen LogP contribution in [0.3, 0.4) is 0 Å². The molecule has 1 aromatic carbocycles. The molecular weight excluding hydrogens is 429 g/mol. The minimum absolute atomic E-state index is 0.132. The van der Waals surface area contributed by atoms with Crippen molar-refractivity contribution in [2.24, 2.45) is 0 Å². The lowest BCUT2D eigenvalue weighted by molar-refractivity contribution is -0.137. The molecule has 168 valence electrons. The summed E-state index contributed by atoms with van der Waals surface area (Å²) in [6.45, 7) is 0.973. The third-order valence-corrected chi connectivity index (χ3v) is 6.59. The second kappa shape index (κ2) is 10.1. The number of nitrogens with zero attached hydrogens (tertiary/aromatic N) is 2. The highest BCUT2D eigenvalue weighted by molar-refractivity contribution is 7.09. The second-order valence-corrected chi connectivity index (χ2v) is 8.85. The Bertz CT molecular complexity index is 1100. The summed E-state index contributed by atoms with van der Waals surface area (Å²) in [5, 5.41) is 15.6. The molecule has 2 N–H and O–H groups in total. The monoisotopic (exact) mass is 455 g/mol. The predicted octanol–water partition coefficient (Wildman–Crippen LogP) is 4.83. The normalized spacial score (nSPS) is 13.8. The molecule has 1 aliphatic rings. The third kappa shape index (κ3) is 5.24. The number of methoxy groups -OCH3 is 1. The molecule has 32 heavy (non-hydrogen) atoms. The number of nitrogens with one attached hydrogen (secondary N) is 1. The predicted molar refractivity (Wildman–Crippen MR) is 122 cm³/mol. The van der Waals surface area contributed by atoms with Crippen LogP contribution in [0.2, 0.25) is 0 Å². The molecule has 0 amide bonds. The number of hydrogen-bond acceptors (Lipinski definition) is 6. The van der Waals surface area contributed by atoms with E-state index >= 15 is 0 Å². The van der Waals surface area contributed by atoms with Crippen molar-refractivity contribution in [2.75, 3.05) is 19.0 Å². The maximum absolute atomic E-state index is 14.2. The Hall–Kier alpha value is -3.00. The van der Waals surface area contributed by atoms with Gasteiger partial charge in [0.05, 0.1) is 24.2 Å². The van der Waals surface area contributed by atoms with Crippen molar-refractivity contribution in [3.05, 3.63) is 69.1 Å². The lowest BCUT2D eigenvalue weighted by Gasteiger charge is -2.17. The number of carboxylic acids is 1. The standard InChI is InChI=1S/C24H26FN3O3S/c1-31-21-10-8-16(12-19(21)25)18(13-23(29)30)20-14-32-22(28-20)6-2-5-17-9-7-15-4-3-11-26-24(15)27-17/h7-10,12,14,18H,2-6,11,13H2,1H3,(H,26,27)(H,29,30). The van der Waals surface area contributed by atoms with Gasteiger partial charge in [0.2, 0.25) is 0 Å². The highest BCUT2D eigenvalue weighted by atomic mass is 32.1. The van der Waals surface area contributed by atoms with Crippen molar-refractivity contribution in [1.29, 1.82) is 0 Å². The van der Waals surface area contributed by atoms with Gasteiger partial charge in [0, 0.05) is 23.5 Å². The van der Waals surface area contributed by atoms with Crippen LogP contribution in [-0.2, 0) is 24.1 Å². The molecule has 1 unspecified atom stereocenters. The average molecular weight is 456 g/mol. The summed E-state index contributed by atoms with van der Waals surface area (Å²) in [6, 6.07) is 8.81. The first-order valence-corrected chi connectivity index (χ1v) is 11.6. The van der Waals surface area contributed by atoms with Crippen molar-refractivity contribution in [3.63, 3.8) is 0 Å². The Balaban J connectivity index is 1.42. The topological polar surface area (TPSA) is 84.3 Å². The molecule has 1 atom stereocenters. The van der Waals surface area contributed by atoms with Crippen molar-refractivity contribution >= 4 is 23.1 Å². The van der Waals surface area contributed by atoms with Crippen LogP contribution in [0.5, 0.6) is 5.75 Å². The summed E-state index contributed by atoms with van der Waals surface area (Å²) in [5.74, 6) is -0.830. The maximum atomic E-state index is 14.2. The van der Waals surface area contributed by atoms with Crippen molar-refractivity contribution < 1.29 is 19.0 Å². The Morgan fingerprint density at radius 2 is 2.16 bits per heavy atom. The van der Waals surface area contributed by atoms with Gasteiger partial charge in [0.1, 0.15) is 5.82 Å². The first-order chi connectivity index (χ1) is 15.5. The van der Waals surface area contributed by atoms with Gasteiger partial charge in [-0.3, -0.25) is 4.79 Å². The molecule has 0 aliphatic carbocycles. The van der Waals surface area contributed by atoms with E-state index in [2.05, 4.69) is 22.4 Å². The highest BCUT2D eigenvalue weighted by Gasteiger charge is 2.22. The zero-order chi connectivity index (χ0) is 22.5. The van der Waals surface area contributed by atoms with Gasteiger partial charge < -0.3 is 15.2 Å². The average Bonchev–Trinajstić information content (AvgIpc) is 3.26. The lowest BCUT2D eigenvalue weighted by atomic mass is 9.93. The van der Waals surface area contributed by atoms with E-state index in [0.29, 0.717) is 11.3 Å². The molecule has 2 aromatic heterocycles. The summed E-state index contributed by atoms with van der Waals surface area (Å²) in [5.41, 5.74) is 3.58. The minimum atomic E-state index is -0.951. The third-order valence-electron chi connectivity index (χ3n) is 5.66. The SMILES string of the molecule is COc1ccc(C(CC(=O)O)c2csc(CCCc3ccc4c(n3)NCCC4)n2)cc1F. The fourth-order valence-corrected chi connectivity index (χ4v) is 4.89. The maximum Gasteiger partial charge on any atom is 0.304 e. The number of carbonyl (C=O) groups is 1. The van der Waals surface area contributed by atoms with Crippen molar-refractivity contribution in [3.8, 4) is 5.75 Å². The van der Waals surface area contributed by atoms with Gasteiger partial charge in [-0.25, -0.2) is 14.4 Å². The zero-order valence-corrected chi connectivity index (χ0v) is 18.8. The van der Waals surface area contributed by atoms with Gasteiger partial charge in [-0.05, 0) is 61.4 Å². The van der Waals surface area contributed by atoms with Gasteiger partial charge in [-0.15, -0.1) is 11.3 Å². The fourth-order valence-electron chi connectivity index (χ4n) is 4.00. The number of halogens is 1. The molecule has 8 heteroatoms. The van der Waals surface area contributed by atoms with Crippen LogP contribution in [0.15, 0.2) is 35.7 Å². The molecule has 0 radical (unpaired) electrons. The highest BCUT2D eigenvalue weighted by Crippen LogP contribution is 2.32. The molecule has 4 rings (SSSR count). The Morgan fingerprint density at radius 3 is 2.94 bits per heavy atom. The van der Waals surface area contributed by atoms with Gasteiger partial charge >= 0.3 is 5.97 Å². The smallest absolute Gasteiger partial charge is 0.304 e. The molecule has 6 nitrogen and oxygen atoms in total. The first kappa shape index (κ1) is 22.2. The Labute approximate surface area is 190 Å². The number of aromatic nitrogens is 2. The van der Waals surface area contributed by atoms with Gasteiger partial charge in [-0.2, -0.15) is 0 Å². The van der Waals surface area contributed by atoms with Crippen LogP contribution < -0.4 is 10.1 Å². The molecule has 1 aliphatic heterocycles. The molecular formula is C24H26FN3O3S. The number of benzene rings is 1. The van der Waals surface area contributed by atoms with Crippen LogP contribution in [0.1, 0.15) is 52.7 Å². The second-order valence-electron chi connectivity index (χ2n) is 7.90. The number of carboxylic acid groups (broad SMARTS) is 1. The number of aryl methyl sites for hydroxylation is 3. The number of ether oxygens (including phenoxy) is 1. The van der Waals surface area contributed by atoms with E-state index in [1.165, 1.54) is 36.1 Å². The number of aliphatic carboxylic acids is 1. The van der Waals surface area contributed by atoms with Crippen molar-refractivity contribution in [1.82, 2.24) is 9.97 Å². The fraction of sp³-hybridized carbons (Fsp3) is 0.375. The molecule has 0 saturated carbocycles. The minimum Gasteiger partial charge on any atom is -0.494 e. The number of thiazole rings is 1. The van der Waals surface area contributed by atoms with Crippen molar-refractivity contribution in [2.45, 2.75) is 44.4 Å². The van der Waals surface area contributed by atoms with E-state index in [-0.39, 0.29) is 12.2 Å². The first-order valence-electron chi connectivity index (χ1n) is 10.8. The number of pyridine rings is 1. The summed E-state index contributed by atoms with van der Waals surface area (Å²) in [6.07, 6.45) is 4.61. The van der Waals surface area contributed by atoms with E-state index < -0.39 is 17.7 Å². The van der Waals surface area contributed by atoms with Gasteiger partial charge in [-0.1, -0.05) is 12.1 Å². The van der Waals surface area contributed by atoms with Crippen LogP contribution in [-0.4, -0.2) is 34.7 Å². The van der Waals surface area contributed by atoms with Gasteiger partial charge in [0.15, 0.2) is 11.6 Å². The molecule has 0 bridgehead atoms. The van der Waals surface area contributed by atoms with Crippen LogP contribution in [0.4, 0.5) is 10.2 Å². The zero-order valence-electron chi connectivity index (χ0n) is 17.9. The Morgan fingerprint density at radius 1 is 1.28 bits per heavy atom. The van der Waals surface area contributed by atoms with E-state index in [1.54, 1.807) is 6.07 Å². The van der Waals surface area contributed by atoms with Crippen LogP contribution in [0.25, 0.3) is 0 Å². The number of anilines is 1. The Kier molecular flexibility index (Phi) is 6.99. The van der Waals surface area contributed by atoms with Crippen LogP contribution >= 0.6 is 11.3 Å². The van der Waals surface area contributed by atoms with E-state index in [1.807, 2.05) is 5.38 Å². The number of fused-ring (bicyclic) bond motifs is 1. The van der Waals surface area contributed by atoms with E-state index in [9.17, 15) is 14.3 Å². The van der Waals surface area contributed by atoms with Gasteiger partial charge in [0.25, 0.3) is 0 Å². The van der Waals surface area contributed by atoms with Crippen LogP contribution in [0, 0.1) is 5.82 Å². The molecule has 0 fully saturated rings.